The molecule has 104 valence electrons. The number of aryl methyl sites for hydroxylation is 1. The Kier molecular flexibility index (Phi) is 4.20. The first-order chi connectivity index (χ1) is 9.61. The van der Waals surface area contributed by atoms with Crippen LogP contribution in [0.4, 0.5) is 5.69 Å². The monoisotopic (exact) mass is 272 g/mol. The van der Waals surface area contributed by atoms with E-state index in [4.69, 9.17) is 4.74 Å². The van der Waals surface area contributed by atoms with Crippen LogP contribution in [0.5, 0.6) is 5.75 Å². The molecular formula is C15H16N2O3. The molecule has 1 heterocycles. The standard InChI is InChI=1S/C15H16N2O3/c1-3-20-14-8-10(2)4-5-12(14)17-15(19)11-9-16-7-6-13(11)18/h4-9H,3H2,1-2H3,(H,16,18)(H,17,19). The van der Waals surface area contributed by atoms with E-state index in [0.717, 1.165) is 5.56 Å². The lowest BCUT2D eigenvalue weighted by Crippen LogP contribution is -2.21. The molecule has 0 radical (unpaired) electrons. The van der Waals surface area contributed by atoms with Crippen LogP contribution in [0.3, 0.4) is 0 Å². The number of benzene rings is 1. The first-order valence-corrected chi connectivity index (χ1v) is 6.33. The molecule has 0 fully saturated rings. The van der Waals surface area contributed by atoms with Crippen LogP contribution in [0, 0.1) is 6.92 Å². The molecule has 0 unspecified atom stereocenters. The zero-order valence-electron chi connectivity index (χ0n) is 11.4. The Morgan fingerprint density at radius 1 is 1.35 bits per heavy atom. The van der Waals surface area contributed by atoms with Crippen LogP contribution in [0.1, 0.15) is 22.8 Å². The third kappa shape index (κ3) is 3.06. The Bertz CT molecular complexity index is 677. The van der Waals surface area contributed by atoms with Crippen LogP contribution in [-0.2, 0) is 0 Å². The van der Waals surface area contributed by atoms with Gasteiger partial charge in [-0.05, 0) is 31.5 Å². The summed E-state index contributed by atoms with van der Waals surface area (Å²) in [5.41, 5.74) is 1.32. The molecule has 0 atom stereocenters. The van der Waals surface area contributed by atoms with Gasteiger partial charge in [0.25, 0.3) is 5.91 Å². The quantitative estimate of drug-likeness (QED) is 0.897. The fourth-order valence-corrected chi connectivity index (χ4v) is 1.79. The predicted octanol–water partition coefficient (Wildman–Crippen LogP) is 2.33. The van der Waals surface area contributed by atoms with Gasteiger partial charge in [0.2, 0.25) is 0 Å². The van der Waals surface area contributed by atoms with Crippen molar-refractivity contribution in [3.63, 3.8) is 0 Å². The minimum atomic E-state index is -0.461. The van der Waals surface area contributed by atoms with Gasteiger partial charge in [0.15, 0.2) is 5.43 Å². The molecule has 2 rings (SSSR count). The topological polar surface area (TPSA) is 71.2 Å². The Morgan fingerprint density at radius 3 is 2.85 bits per heavy atom. The smallest absolute Gasteiger partial charge is 0.261 e. The van der Waals surface area contributed by atoms with Crippen LogP contribution < -0.4 is 15.5 Å². The summed E-state index contributed by atoms with van der Waals surface area (Å²) in [6.45, 7) is 4.31. The van der Waals surface area contributed by atoms with Gasteiger partial charge in [-0.25, -0.2) is 0 Å². The summed E-state index contributed by atoms with van der Waals surface area (Å²) < 4.78 is 5.48. The number of carbonyl (C=O) groups is 1. The van der Waals surface area contributed by atoms with Crippen molar-refractivity contribution in [2.45, 2.75) is 13.8 Å². The number of aromatic nitrogens is 1. The summed E-state index contributed by atoms with van der Waals surface area (Å²) >= 11 is 0. The molecule has 1 amide bonds. The molecule has 0 bridgehead atoms. The van der Waals surface area contributed by atoms with E-state index in [1.165, 1.54) is 18.5 Å². The molecule has 0 aliphatic carbocycles. The SMILES string of the molecule is CCOc1cc(C)ccc1NC(=O)c1c[nH]ccc1=O. The van der Waals surface area contributed by atoms with Crippen molar-refractivity contribution >= 4 is 11.6 Å². The molecule has 20 heavy (non-hydrogen) atoms. The molecule has 2 N–H and O–H groups in total. The van der Waals surface area contributed by atoms with Crippen molar-refractivity contribution in [1.82, 2.24) is 4.98 Å². The van der Waals surface area contributed by atoms with Crippen LogP contribution in [0.25, 0.3) is 0 Å². The number of carbonyl (C=O) groups excluding carboxylic acids is 1. The Balaban J connectivity index is 2.28. The molecule has 0 saturated heterocycles. The summed E-state index contributed by atoms with van der Waals surface area (Å²) in [4.78, 5) is 26.4. The molecule has 1 aromatic heterocycles. The normalized spacial score (nSPS) is 10.1. The van der Waals surface area contributed by atoms with Crippen molar-refractivity contribution in [2.75, 3.05) is 11.9 Å². The Labute approximate surface area is 116 Å². The van der Waals surface area contributed by atoms with E-state index in [2.05, 4.69) is 10.3 Å². The molecule has 0 spiro atoms. The highest BCUT2D eigenvalue weighted by Gasteiger charge is 2.12. The average molecular weight is 272 g/mol. The minimum absolute atomic E-state index is 0.0653. The van der Waals surface area contributed by atoms with Crippen molar-refractivity contribution < 1.29 is 9.53 Å². The van der Waals surface area contributed by atoms with Crippen LogP contribution >= 0.6 is 0 Å². The molecular weight excluding hydrogens is 256 g/mol. The number of hydrogen-bond donors (Lipinski definition) is 2. The number of hydrogen-bond acceptors (Lipinski definition) is 3. The van der Waals surface area contributed by atoms with Crippen molar-refractivity contribution in [3.05, 3.63) is 58.0 Å². The summed E-state index contributed by atoms with van der Waals surface area (Å²) in [5, 5.41) is 2.70. The second-order valence-electron chi connectivity index (χ2n) is 4.31. The lowest BCUT2D eigenvalue weighted by atomic mass is 10.2. The first-order valence-electron chi connectivity index (χ1n) is 6.33. The molecule has 0 aliphatic heterocycles. The summed E-state index contributed by atoms with van der Waals surface area (Å²) in [5.74, 6) is 0.130. The highest BCUT2D eigenvalue weighted by molar-refractivity contribution is 6.04. The number of pyridine rings is 1. The Hall–Kier alpha value is -2.56. The molecule has 5 nitrogen and oxygen atoms in total. The van der Waals surface area contributed by atoms with Crippen LogP contribution in [0.2, 0.25) is 0 Å². The predicted molar refractivity (Wildman–Crippen MR) is 77.4 cm³/mol. The fraction of sp³-hybridized carbons (Fsp3) is 0.200. The largest absolute Gasteiger partial charge is 0.492 e. The van der Waals surface area contributed by atoms with Crippen molar-refractivity contribution in [1.29, 1.82) is 0 Å². The molecule has 5 heteroatoms. The maximum absolute atomic E-state index is 12.1. The van der Waals surface area contributed by atoms with Gasteiger partial charge in [0, 0.05) is 18.5 Å². The minimum Gasteiger partial charge on any atom is -0.492 e. The van der Waals surface area contributed by atoms with Gasteiger partial charge >= 0.3 is 0 Å². The van der Waals surface area contributed by atoms with Gasteiger partial charge < -0.3 is 15.0 Å². The van der Waals surface area contributed by atoms with E-state index in [-0.39, 0.29) is 11.0 Å². The second kappa shape index (κ2) is 6.06. The van der Waals surface area contributed by atoms with Crippen LogP contribution in [-0.4, -0.2) is 17.5 Å². The number of anilines is 1. The highest BCUT2D eigenvalue weighted by Crippen LogP contribution is 2.26. The van der Waals surface area contributed by atoms with E-state index in [1.807, 2.05) is 26.0 Å². The second-order valence-corrected chi connectivity index (χ2v) is 4.31. The Morgan fingerprint density at radius 2 is 2.15 bits per heavy atom. The lowest BCUT2D eigenvalue weighted by molar-refractivity contribution is 0.102. The van der Waals surface area contributed by atoms with E-state index < -0.39 is 5.91 Å². The maximum Gasteiger partial charge on any atom is 0.261 e. The van der Waals surface area contributed by atoms with Gasteiger partial charge in [0.1, 0.15) is 11.3 Å². The number of H-pyrrole nitrogens is 1. The fourth-order valence-electron chi connectivity index (χ4n) is 1.79. The summed E-state index contributed by atoms with van der Waals surface area (Å²) in [7, 11) is 0. The first kappa shape index (κ1) is 13.9. The number of aromatic amines is 1. The summed E-state index contributed by atoms with van der Waals surface area (Å²) in [6.07, 6.45) is 2.86. The zero-order valence-corrected chi connectivity index (χ0v) is 11.4. The van der Waals surface area contributed by atoms with Crippen LogP contribution in [0.15, 0.2) is 41.5 Å². The number of amides is 1. The van der Waals surface area contributed by atoms with Crippen molar-refractivity contribution in [2.24, 2.45) is 0 Å². The van der Waals surface area contributed by atoms with Gasteiger partial charge in [-0.15, -0.1) is 0 Å². The number of rotatable bonds is 4. The van der Waals surface area contributed by atoms with Gasteiger partial charge in [-0.1, -0.05) is 6.07 Å². The highest BCUT2D eigenvalue weighted by atomic mass is 16.5. The van der Waals surface area contributed by atoms with Crippen molar-refractivity contribution in [3.8, 4) is 5.75 Å². The van der Waals surface area contributed by atoms with Gasteiger partial charge in [0.05, 0.1) is 12.3 Å². The lowest BCUT2D eigenvalue weighted by Gasteiger charge is -2.12. The van der Waals surface area contributed by atoms with Gasteiger partial charge in [-0.2, -0.15) is 0 Å². The van der Waals surface area contributed by atoms with E-state index >= 15 is 0 Å². The zero-order chi connectivity index (χ0) is 14.5. The third-order valence-electron chi connectivity index (χ3n) is 2.75. The van der Waals surface area contributed by atoms with E-state index in [0.29, 0.717) is 18.0 Å². The molecule has 2 aromatic rings. The maximum atomic E-state index is 12.1. The number of ether oxygens (including phenoxy) is 1. The molecule has 0 saturated carbocycles. The summed E-state index contributed by atoms with van der Waals surface area (Å²) in [6, 6.07) is 6.78. The average Bonchev–Trinajstić information content (AvgIpc) is 2.42. The third-order valence-corrected chi connectivity index (χ3v) is 2.75. The van der Waals surface area contributed by atoms with Gasteiger partial charge in [-0.3, -0.25) is 9.59 Å². The molecule has 1 aromatic carbocycles. The number of nitrogens with one attached hydrogen (secondary N) is 2. The van der Waals surface area contributed by atoms with E-state index in [1.54, 1.807) is 6.07 Å². The van der Waals surface area contributed by atoms with E-state index in [9.17, 15) is 9.59 Å². The molecule has 0 aliphatic rings.